The molecule has 0 aliphatic carbocycles. The van der Waals surface area contributed by atoms with Crippen molar-refractivity contribution in [1.82, 2.24) is 4.98 Å². The molecule has 1 aromatic heterocycles. The molecule has 0 bridgehead atoms. The van der Waals surface area contributed by atoms with E-state index >= 15 is 0 Å². The fraction of sp³-hybridized carbons (Fsp3) is 0.231. The molecule has 0 saturated carbocycles. The summed E-state index contributed by atoms with van der Waals surface area (Å²) in [6, 6.07) is 7.41. The molecule has 1 N–H and O–H groups in total. The number of carbonyl (C=O) groups is 1. The summed E-state index contributed by atoms with van der Waals surface area (Å²) in [6.07, 6.45) is 0.754. The molecular formula is C13H12ClN3OS. The van der Waals surface area contributed by atoms with Gasteiger partial charge in [0, 0.05) is 20.0 Å². The van der Waals surface area contributed by atoms with Crippen LogP contribution in [0.15, 0.2) is 24.3 Å². The molecule has 1 amide bonds. The highest BCUT2D eigenvalue weighted by molar-refractivity contribution is 7.17. The van der Waals surface area contributed by atoms with Gasteiger partial charge < -0.3 is 10.2 Å². The first kappa shape index (κ1) is 12.4. The van der Waals surface area contributed by atoms with Crippen LogP contribution in [-0.2, 0) is 6.42 Å². The number of halogens is 1. The first-order valence-corrected chi connectivity index (χ1v) is 7.14. The van der Waals surface area contributed by atoms with Gasteiger partial charge in [-0.1, -0.05) is 35.1 Å². The first-order valence-electron chi connectivity index (χ1n) is 5.94. The predicted octanol–water partition coefficient (Wildman–Crippen LogP) is 3.04. The van der Waals surface area contributed by atoms with E-state index in [0.717, 1.165) is 22.9 Å². The monoisotopic (exact) mass is 293 g/mol. The average Bonchev–Trinajstić information content (AvgIpc) is 2.85. The number of fused-ring (bicyclic) bond motifs is 1. The van der Waals surface area contributed by atoms with Gasteiger partial charge in [0.25, 0.3) is 5.91 Å². The van der Waals surface area contributed by atoms with E-state index in [4.69, 9.17) is 11.6 Å². The smallest absolute Gasteiger partial charge is 0.270 e. The molecule has 2 heterocycles. The van der Waals surface area contributed by atoms with Crippen LogP contribution in [-0.4, -0.2) is 24.5 Å². The number of hydrogen-bond donors (Lipinski definition) is 1. The van der Waals surface area contributed by atoms with Crippen molar-refractivity contribution in [3.05, 3.63) is 39.9 Å². The molecule has 1 aliphatic heterocycles. The van der Waals surface area contributed by atoms with Gasteiger partial charge in [-0.2, -0.15) is 0 Å². The Kier molecular flexibility index (Phi) is 3.16. The summed E-state index contributed by atoms with van der Waals surface area (Å²) in [4.78, 5) is 19.3. The molecule has 0 atom stereocenters. The number of carbonyl (C=O) groups excluding carboxylic acids is 1. The van der Waals surface area contributed by atoms with Gasteiger partial charge in [0.1, 0.15) is 4.88 Å². The number of rotatable bonds is 2. The van der Waals surface area contributed by atoms with Crippen molar-refractivity contribution >= 4 is 39.7 Å². The Hall–Kier alpha value is -1.59. The summed E-state index contributed by atoms with van der Waals surface area (Å²) in [5, 5.41) is 4.35. The zero-order valence-corrected chi connectivity index (χ0v) is 11.9. The number of benzene rings is 1. The summed E-state index contributed by atoms with van der Waals surface area (Å²) < 4.78 is 0. The SMILES string of the molecule is CNc1nc2c(s1)C(=O)N(c1ccccc1Cl)CC2. The van der Waals surface area contributed by atoms with Gasteiger partial charge in [-0.05, 0) is 12.1 Å². The van der Waals surface area contributed by atoms with Crippen LogP contribution in [0.25, 0.3) is 0 Å². The maximum Gasteiger partial charge on any atom is 0.270 e. The number of anilines is 2. The fourth-order valence-corrected chi connectivity index (χ4v) is 3.29. The van der Waals surface area contributed by atoms with Gasteiger partial charge in [-0.3, -0.25) is 4.79 Å². The number of para-hydroxylation sites is 1. The summed E-state index contributed by atoms with van der Waals surface area (Å²) in [5.74, 6) is -0.0200. The van der Waals surface area contributed by atoms with Gasteiger partial charge in [0.2, 0.25) is 0 Å². The first-order chi connectivity index (χ1) is 9.20. The van der Waals surface area contributed by atoms with Gasteiger partial charge in [0.05, 0.1) is 16.4 Å². The van der Waals surface area contributed by atoms with Crippen molar-refractivity contribution in [1.29, 1.82) is 0 Å². The third-order valence-electron chi connectivity index (χ3n) is 3.07. The largest absolute Gasteiger partial charge is 0.365 e. The van der Waals surface area contributed by atoms with E-state index in [9.17, 15) is 4.79 Å². The molecule has 6 heteroatoms. The van der Waals surface area contributed by atoms with E-state index in [1.54, 1.807) is 18.0 Å². The Morgan fingerprint density at radius 2 is 2.21 bits per heavy atom. The van der Waals surface area contributed by atoms with Crippen LogP contribution in [0.4, 0.5) is 10.8 Å². The van der Waals surface area contributed by atoms with E-state index in [-0.39, 0.29) is 5.91 Å². The van der Waals surface area contributed by atoms with Gasteiger partial charge in [-0.15, -0.1) is 0 Å². The Morgan fingerprint density at radius 1 is 1.42 bits per heavy atom. The molecule has 0 fully saturated rings. The van der Waals surface area contributed by atoms with Crippen LogP contribution in [0.5, 0.6) is 0 Å². The fourth-order valence-electron chi connectivity index (χ4n) is 2.14. The third-order valence-corrected chi connectivity index (χ3v) is 4.49. The second kappa shape index (κ2) is 4.83. The second-order valence-corrected chi connectivity index (χ2v) is 5.61. The lowest BCUT2D eigenvalue weighted by atomic mass is 10.1. The van der Waals surface area contributed by atoms with Gasteiger partial charge in [-0.25, -0.2) is 4.98 Å². The van der Waals surface area contributed by atoms with Crippen LogP contribution >= 0.6 is 22.9 Å². The number of aromatic nitrogens is 1. The topological polar surface area (TPSA) is 45.2 Å². The van der Waals surface area contributed by atoms with E-state index < -0.39 is 0 Å². The molecule has 1 aliphatic rings. The summed E-state index contributed by atoms with van der Waals surface area (Å²) in [7, 11) is 1.81. The summed E-state index contributed by atoms with van der Waals surface area (Å²) in [5.41, 5.74) is 1.64. The predicted molar refractivity (Wildman–Crippen MR) is 78.5 cm³/mol. The number of nitrogens with one attached hydrogen (secondary N) is 1. The van der Waals surface area contributed by atoms with Crippen LogP contribution < -0.4 is 10.2 Å². The van der Waals surface area contributed by atoms with Crippen LogP contribution in [0.2, 0.25) is 5.02 Å². The molecule has 0 saturated heterocycles. The molecule has 98 valence electrons. The highest BCUT2D eigenvalue weighted by Crippen LogP contribution is 2.33. The molecular weight excluding hydrogens is 282 g/mol. The highest BCUT2D eigenvalue weighted by Gasteiger charge is 2.29. The zero-order valence-electron chi connectivity index (χ0n) is 10.3. The maximum absolute atomic E-state index is 12.5. The van der Waals surface area contributed by atoms with Crippen molar-refractivity contribution in [3.8, 4) is 0 Å². The highest BCUT2D eigenvalue weighted by atomic mass is 35.5. The minimum atomic E-state index is -0.0200. The zero-order chi connectivity index (χ0) is 13.4. The van der Waals surface area contributed by atoms with Gasteiger partial charge in [0.15, 0.2) is 5.13 Å². The average molecular weight is 294 g/mol. The second-order valence-electron chi connectivity index (χ2n) is 4.20. The lowest BCUT2D eigenvalue weighted by Gasteiger charge is -2.26. The van der Waals surface area contributed by atoms with Gasteiger partial charge >= 0.3 is 0 Å². The molecule has 3 rings (SSSR count). The molecule has 0 spiro atoms. The van der Waals surface area contributed by atoms with E-state index in [1.165, 1.54) is 11.3 Å². The summed E-state index contributed by atoms with van der Waals surface area (Å²) in [6.45, 7) is 0.614. The van der Waals surface area contributed by atoms with Crippen LogP contribution in [0.3, 0.4) is 0 Å². The molecule has 0 unspecified atom stereocenters. The lowest BCUT2D eigenvalue weighted by molar-refractivity contribution is 0.0984. The number of amides is 1. The lowest BCUT2D eigenvalue weighted by Crippen LogP contribution is -2.37. The van der Waals surface area contributed by atoms with Crippen LogP contribution in [0.1, 0.15) is 15.4 Å². The Balaban J connectivity index is 2.00. The minimum Gasteiger partial charge on any atom is -0.365 e. The number of nitrogens with zero attached hydrogens (tertiary/aromatic N) is 2. The number of thiazole rings is 1. The minimum absolute atomic E-state index is 0.0200. The molecule has 1 aromatic carbocycles. The molecule has 19 heavy (non-hydrogen) atoms. The Bertz CT molecular complexity index is 641. The maximum atomic E-state index is 12.5. The van der Waals surface area contributed by atoms with Crippen molar-refractivity contribution in [2.45, 2.75) is 6.42 Å². The van der Waals surface area contributed by atoms with Crippen molar-refractivity contribution < 1.29 is 4.79 Å². The Labute approximate surface area is 120 Å². The molecule has 0 radical (unpaired) electrons. The third kappa shape index (κ3) is 2.09. The Morgan fingerprint density at radius 3 is 2.95 bits per heavy atom. The van der Waals surface area contributed by atoms with E-state index in [2.05, 4.69) is 10.3 Å². The van der Waals surface area contributed by atoms with Crippen molar-refractivity contribution in [3.63, 3.8) is 0 Å². The quantitative estimate of drug-likeness (QED) is 0.926. The van der Waals surface area contributed by atoms with Crippen molar-refractivity contribution in [2.24, 2.45) is 0 Å². The molecule has 4 nitrogen and oxygen atoms in total. The number of hydrogen-bond acceptors (Lipinski definition) is 4. The molecule has 2 aromatic rings. The summed E-state index contributed by atoms with van der Waals surface area (Å²) >= 11 is 7.56. The van der Waals surface area contributed by atoms with Crippen molar-refractivity contribution in [2.75, 3.05) is 23.8 Å². The normalized spacial score (nSPS) is 14.4. The standard InChI is InChI=1S/C13H12ClN3OS/c1-15-13-16-9-6-7-17(12(18)11(9)19-13)10-5-3-2-4-8(10)14/h2-5H,6-7H2,1H3,(H,15,16). The van der Waals surface area contributed by atoms with E-state index in [1.807, 2.05) is 18.2 Å². The van der Waals surface area contributed by atoms with E-state index in [0.29, 0.717) is 16.4 Å². The van der Waals surface area contributed by atoms with Crippen LogP contribution in [0, 0.1) is 0 Å².